The number of benzene rings is 2. The van der Waals surface area contributed by atoms with Crippen LogP contribution >= 0.6 is 0 Å². The lowest BCUT2D eigenvalue weighted by Crippen LogP contribution is -2.04. The largest absolute Gasteiger partial charge is 0.497 e. The summed E-state index contributed by atoms with van der Waals surface area (Å²) >= 11 is 0. The summed E-state index contributed by atoms with van der Waals surface area (Å²) in [5, 5.41) is 12.6. The van der Waals surface area contributed by atoms with Crippen LogP contribution in [0.5, 0.6) is 11.5 Å². The smallest absolute Gasteiger partial charge is 0.142 e. The predicted octanol–water partition coefficient (Wildman–Crippen LogP) is 2.81. The van der Waals surface area contributed by atoms with Gasteiger partial charge in [0.05, 0.1) is 26.5 Å². The van der Waals surface area contributed by atoms with Crippen LogP contribution in [0.15, 0.2) is 42.5 Å². The van der Waals surface area contributed by atoms with Crippen molar-refractivity contribution in [3.63, 3.8) is 0 Å². The lowest BCUT2D eigenvalue weighted by molar-refractivity contribution is 0.280. The van der Waals surface area contributed by atoms with E-state index in [-0.39, 0.29) is 6.61 Å². The molecule has 0 aliphatic carbocycles. The molecule has 0 aromatic heterocycles. The molecule has 0 spiro atoms. The van der Waals surface area contributed by atoms with E-state index in [9.17, 15) is 5.11 Å². The fourth-order valence-corrected chi connectivity index (χ4v) is 2.03. The quantitative estimate of drug-likeness (QED) is 0.849. The van der Waals surface area contributed by atoms with E-state index < -0.39 is 0 Å². The maximum absolute atomic E-state index is 9.33. The summed E-state index contributed by atoms with van der Waals surface area (Å²) in [5.74, 6) is 1.52. The number of rotatable bonds is 6. The first-order valence-electron chi connectivity index (χ1n) is 6.42. The summed E-state index contributed by atoms with van der Waals surface area (Å²) in [6.07, 6.45) is 0. The van der Waals surface area contributed by atoms with Crippen molar-refractivity contribution in [1.82, 2.24) is 0 Å². The molecule has 0 atom stereocenters. The number of anilines is 1. The second kappa shape index (κ2) is 6.82. The molecule has 4 heteroatoms. The van der Waals surface area contributed by atoms with Crippen molar-refractivity contribution >= 4 is 5.69 Å². The molecule has 0 aliphatic rings. The van der Waals surface area contributed by atoms with Crippen LogP contribution in [0.25, 0.3) is 0 Å². The fraction of sp³-hybridized carbons (Fsp3) is 0.250. The molecule has 0 bridgehead atoms. The molecule has 0 aliphatic heterocycles. The average molecular weight is 273 g/mol. The van der Waals surface area contributed by atoms with Gasteiger partial charge < -0.3 is 19.9 Å². The molecule has 0 unspecified atom stereocenters. The Morgan fingerprint density at radius 2 is 1.75 bits per heavy atom. The number of aliphatic hydroxyl groups excluding tert-OH is 1. The van der Waals surface area contributed by atoms with E-state index in [0.29, 0.717) is 6.54 Å². The van der Waals surface area contributed by atoms with Crippen LogP contribution in [-0.4, -0.2) is 19.3 Å². The fourth-order valence-electron chi connectivity index (χ4n) is 2.03. The topological polar surface area (TPSA) is 50.7 Å². The maximum Gasteiger partial charge on any atom is 0.142 e. The molecule has 0 saturated heterocycles. The highest BCUT2D eigenvalue weighted by molar-refractivity contribution is 5.60. The van der Waals surface area contributed by atoms with Gasteiger partial charge in [-0.3, -0.25) is 0 Å². The number of hydrogen-bond acceptors (Lipinski definition) is 4. The average Bonchev–Trinajstić information content (AvgIpc) is 2.52. The lowest BCUT2D eigenvalue weighted by Gasteiger charge is -2.14. The van der Waals surface area contributed by atoms with E-state index >= 15 is 0 Å². The Morgan fingerprint density at radius 1 is 1.00 bits per heavy atom. The Hall–Kier alpha value is -2.20. The van der Waals surface area contributed by atoms with Crippen molar-refractivity contribution < 1.29 is 14.6 Å². The number of aliphatic hydroxyl groups is 1. The lowest BCUT2D eigenvalue weighted by atomic mass is 10.1. The molecule has 2 aromatic carbocycles. The van der Waals surface area contributed by atoms with Gasteiger partial charge in [-0.15, -0.1) is 0 Å². The van der Waals surface area contributed by atoms with Crippen LogP contribution in [0.1, 0.15) is 11.1 Å². The highest BCUT2D eigenvalue weighted by atomic mass is 16.5. The van der Waals surface area contributed by atoms with E-state index in [1.807, 2.05) is 42.5 Å². The van der Waals surface area contributed by atoms with Crippen molar-refractivity contribution in [2.75, 3.05) is 19.5 Å². The summed E-state index contributed by atoms with van der Waals surface area (Å²) in [6, 6.07) is 13.4. The predicted molar refractivity (Wildman–Crippen MR) is 79.2 cm³/mol. The summed E-state index contributed by atoms with van der Waals surface area (Å²) in [7, 11) is 3.27. The van der Waals surface area contributed by atoms with E-state index in [0.717, 1.165) is 28.3 Å². The molecule has 0 fully saturated rings. The molecule has 0 heterocycles. The van der Waals surface area contributed by atoms with Crippen LogP contribution in [0, 0.1) is 0 Å². The zero-order valence-electron chi connectivity index (χ0n) is 11.7. The van der Waals surface area contributed by atoms with Gasteiger partial charge in [-0.2, -0.15) is 0 Å². The van der Waals surface area contributed by atoms with Gasteiger partial charge in [0, 0.05) is 12.6 Å². The number of nitrogens with one attached hydrogen (secondary N) is 1. The molecule has 2 aromatic rings. The van der Waals surface area contributed by atoms with Gasteiger partial charge >= 0.3 is 0 Å². The van der Waals surface area contributed by atoms with Crippen molar-refractivity contribution in [3.8, 4) is 11.5 Å². The molecule has 0 radical (unpaired) electrons. The zero-order valence-corrected chi connectivity index (χ0v) is 11.7. The molecule has 106 valence electrons. The van der Waals surface area contributed by atoms with Gasteiger partial charge in [-0.25, -0.2) is 0 Å². The summed E-state index contributed by atoms with van der Waals surface area (Å²) in [4.78, 5) is 0. The minimum Gasteiger partial charge on any atom is -0.497 e. The minimum absolute atomic E-state index is 0.0348. The maximum atomic E-state index is 9.33. The Balaban J connectivity index is 2.17. The molecule has 2 rings (SSSR count). The Morgan fingerprint density at radius 3 is 2.40 bits per heavy atom. The minimum atomic E-state index is 0.0348. The van der Waals surface area contributed by atoms with Crippen LogP contribution < -0.4 is 14.8 Å². The van der Waals surface area contributed by atoms with Gasteiger partial charge in [0.2, 0.25) is 0 Å². The third kappa shape index (κ3) is 3.22. The van der Waals surface area contributed by atoms with Gasteiger partial charge in [0.1, 0.15) is 11.5 Å². The molecular weight excluding hydrogens is 254 g/mol. The molecule has 20 heavy (non-hydrogen) atoms. The first-order chi connectivity index (χ1) is 9.78. The van der Waals surface area contributed by atoms with Gasteiger partial charge in [0.25, 0.3) is 0 Å². The number of methoxy groups -OCH3 is 2. The van der Waals surface area contributed by atoms with E-state index in [4.69, 9.17) is 9.47 Å². The van der Waals surface area contributed by atoms with Crippen LogP contribution in [0.3, 0.4) is 0 Å². The molecule has 0 saturated carbocycles. The first-order valence-corrected chi connectivity index (χ1v) is 6.42. The van der Waals surface area contributed by atoms with Crippen LogP contribution in [0.2, 0.25) is 0 Å². The molecular formula is C16H19NO3. The van der Waals surface area contributed by atoms with Crippen molar-refractivity contribution in [3.05, 3.63) is 53.6 Å². The number of ether oxygens (including phenoxy) is 2. The van der Waals surface area contributed by atoms with Gasteiger partial charge in [-0.05, 0) is 23.3 Å². The third-order valence-corrected chi connectivity index (χ3v) is 3.16. The van der Waals surface area contributed by atoms with Crippen molar-refractivity contribution in [2.24, 2.45) is 0 Å². The monoisotopic (exact) mass is 273 g/mol. The van der Waals surface area contributed by atoms with Gasteiger partial charge in [0.15, 0.2) is 0 Å². The molecule has 0 amide bonds. The number of hydrogen-bond donors (Lipinski definition) is 2. The van der Waals surface area contributed by atoms with E-state index in [2.05, 4.69) is 5.32 Å². The second-order valence-corrected chi connectivity index (χ2v) is 4.35. The Labute approximate surface area is 119 Å². The Kier molecular flexibility index (Phi) is 4.85. The van der Waals surface area contributed by atoms with Crippen LogP contribution in [0.4, 0.5) is 5.69 Å². The SMILES string of the molecule is COc1ccc(OC)c(NCc2ccccc2CO)c1. The van der Waals surface area contributed by atoms with E-state index in [1.165, 1.54) is 0 Å². The summed E-state index contributed by atoms with van der Waals surface area (Å²) in [5.41, 5.74) is 2.83. The van der Waals surface area contributed by atoms with Crippen molar-refractivity contribution in [1.29, 1.82) is 0 Å². The standard InChI is InChI=1S/C16H19NO3/c1-19-14-7-8-16(20-2)15(9-14)17-10-12-5-3-4-6-13(12)11-18/h3-9,17-18H,10-11H2,1-2H3. The van der Waals surface area contributed by atoms with Crippen LogP contribution in [-0.2, 0) is 13.2 Å². The first kappa shape index (κ1) is 14.2. The molecule has 4 nitrogen and oxygen atoms in total. The Bertz CT molecular complexity index is 569. The highest BCUT2D eigenvalue weighted by Crippen LogP contribution is 2.29. The highest BCUT2D eigenvalue weighted by Gasteiger charge is 2.06. The second-order valence-electron chi connectivity index (χ2n) is 4.35. The molecule has 2 N–H and O–H groups in total. The van der Waals surface area contributed by atoms with Crippen molar-refractivity contribution in [2.45, 2.75) is 13.2 Å². The van der Waals surface area contributed by atoms with E-state index in [1.54, 1.807) is 14.2 Å². The summed E-state index contributed by atoms with van der Waals surface area (Å²) in [6.45, 7) is 0.646. The zero-order chi connectivity index (χ0) is 14.4. The third-order valence-electron chi connectivity index (χ3n) is 3.16. The van der Waals surface area contributed by atoms with Gasteiger partial charge in [-0.1, -0.05) is 24.3 Å². The normalized spacial score (nSPS) is 10.2. The summed E-state index contributed by atoms with van der Waals surface area (Å²) < 4.78 is 10.5.